The molecule has 9 heteroatoms. The monoisotopic (exact) mass is 474 g/mol. The van der Waals surface area contributed by atoms with Gasteiger partial charge in [-0.15, -0.1) is 0 Å². The fourth-order valence-electron chi connectivity index (χ4n) is 2.36. The van der Waals surface area contributed by atoms with E-state index in [2.05, 4.69) is 22.2 Å². The van der Waals surface area contributed by atoms with E-state index in [9.17, 15) is 9.59 Å². The maximum absolute atomic E-state index is 10.8. The number of carbonyl (C=O) groups is 2. The maximum Gasteiger partial charge on any atom is 0.405 e. The van der Waals surface area contributed by atoms with Crippen LogP contribution >= 0.6 is 34.8 Å². The minimum Gasteiger partial charge on any atom is -0.465 e. The van der Waals surface area contributed by atoms with Gasteiger partial charge in [0.25, 0.3) is 0 Å². The largest absolute Gasteiger partial charge is 0.465 e. The van der Waals surface area contributed by atoms with Crippen LogP contribution in [0.3, 0.4) is 0 Å². The van der Waals surface area contributed by atoms with Crippen molar-refractivity contribution < 1.29 is 19.4 Å². The van der Waals surface area contributed by atoms with Crippen molar-refractivity contribution in [2.24, 2.45) is 5.73 Å². The van der Waals surface area contributed by atoms with E-state index in [1.165, 1.54) is 13.8 Å². The average molecular weight is 476 g/mol. The fraction of sp³-hybridized carbons (Fsp3) is 0.333. The van der Waals surface area contributed by atoms with Gasteiger partial charge in [0.15, 0.2) is 5.60 Å². The molecule has 30 heavy (non-hydrogen) atoms. The Balaban J connectivity index is 0.000000352. The molecule has 0 aliphatic heterocycles. The highest BCUT2D eigenvalue weighted by Gasteiger charge is 2.43. The summed E-state index contributed by atoms with van der Waals surface area (Å²) < 4.78 is 2.87. The number of hydrogen-bond acceptors (Lipinski definition) is 3. The van der Waals surface area contributed by atoms with Crippen LogP contribution in [0.4, 0.5) is 9.59 Å². The van der Waals surface area contributed by atoms with Crippen LogP contribution in [0.25, 0.3) is 11.1 Å². The van der Waals surface area contributed by atoms with E-state index in [1.54, 1.807) is 0 Å². The smallest absolute Gasteiger partial charge is 0.405 e. The number of hydrogen-bond donors (Lipinski definition) is 3. The molecule has 0 fully saturated rings. The second kappa shape index (κ2) is 10.2. The molecule has 164 valence electrons. The van der Waals surface area contributed by atoms with Crippen molar-refractivity contribution in [1.29, 1.82) is 0 Å². The summed E-state index contributed by atoms with van der Waals surface area (Å²) in [5.74, 6) is 0. The lowest BCUT2D eigenvalue weighted by molar-refractivity contribution is 0.0485. The van der Waals surface area contributed by atoms with Crippen LogP contribution in [0.15, 0.2) is 54.6 Å². The summed E-state index contributed by atoms with van der Waals surface area (Å²) >= 11 is 16.4. The quantitative estimate of drug-likeness (QED) is 0.466. The molecule has 0 unspecified atom stereocenters. The van der Waals surface area contributed by atoms with E-state index in [0.29, 0.717) is 0 Å². The Labute approximate surface area is 191 Å². The topological polar surface area (TPSA) is 102 Å². The second-order valence-corrected chi connectivity index (χ2v) is 9.71. The molecular formula is C21H25Cl3N2O4. The Bertz CT molecular complexity index is 849. The number of carbonyl (C=O) groups excluding carboxylic acids is 1. The first-order chi connectivity index (χ1) is 13.7. The van der Waals surface area contributed by atoms with Crippen LogP contribution in [0.5, 0.6) is 0 Å². The molecule has 0 aromatic heterocycles. The molecule has 0 bridgehead atoms. The number of alkyl halides is 3. The van der Waals surface area contributed by atoms with Gasteiger partial charge >= 0.3 is 12.2 Å². The van der Waals surface area contributed by atoms with Crippen molar-refractivity contribution in [1.82, 2.24) is 5.32 Å². The van der Waals surface area contributed by atoms with E-state index >= 15 is 0 Å². The van der Waals surface area contributed by atoms with Crippen LogP contribution in [0.2, 0.25) is 0 Å². The van der Waals surface area contributed by atoms with Crippen LogP contribution in [0.1, 0.15) is 33.3 Å². The number of nitrogens with one attached hydrogen (secondary N) is 1. The van der Waals surface area contributed by atoms with Gasteiger partial charge in [-0.3, -0.25) is 0 Å². The Hall–Kier alpha value is -2.15. The normalized spacial score (nSPS) is 11.7. The lowest BCUT2D eigenvalue weighted by atomic mass is 9.92. The summed E-state index contributed by atoms with van der Waals surface area (Å²) in [7, 11) is 0. The molecule has 0 radical (unpaired) electrons. The van der Waals surface area contributed by atoms with Gasteiger partial charge in [-0.05, 0) is 44.4 Å². The Kier molecular flexibility index (Phi) is 8.84. The highest BCUT2D eigenvalue weighted by molar-refractivity contribution is 6.68. The van der Waals surface area contributed by atoms with E-state index in [0.717, 1.165) is 16.7 Å². The van der Waals surface area contributed by atoms with Gasteiger partial charge in [0.05, 0.1) is 5.54 Å². The van der Waals surface area contributed by atoms with Crippen molar-refractivity contribution in [2.75, 3.05) is 0 Å². The maximum atomic E-state index is 10.8. The number of nitrogens with two attached hydrogens (primary N) is 1. The minimum atomic E-state index is -1.68. The molecule has 4 N–H and O–H groups in total. The van der Waals surface area contributed by atoms with Gasteiger partial charge in [-0.1, -0.05) is 89.4 Å². The van der Waals surface area contributed by atoms with Gasteiger partial charge in [0.2, 0.25) is 3.79 Å². The molecule has 0 aliphatic rings. The van der Waals surface area contributed by atoms with Gasteiger partial charge < -0.3 is 20.9 Å². The third-order valence-corrected chi connectivity index (χ3v) is 5.54. The van der Waals surface area contributed by atoms with E-state index in [1.807, 2.05) is 56.3 Å². The number of halogens is 3. The molecule has 6 nitrogen and oxygen atoms in total. The molecule has 0 atom stereocenters. The molecule has 0 aliphatic carbocycles. The first-order valence-corrected chi connectivity index (χ1v) is 10.0. The van der Waals surface area contributed by atoms with Gasteiger partial charge in [-0.25, -0.2) is 9.59 Å². The molecule has 2 aromatic rings. The average Bonchev–Trinajstić information content (AvgIpc) is 2.60. The Morgan fingerprint density at radius 3 is 1.73 bits per heavy atom. The van der Waals surface area contributed by atoms with Gasteiger partial charge in [-0.2, -0.15) is 0 Å². The van der Waals surface area contributed by atoms with E-state index < -0.39 is 27.1 Å². The Morgan fingerprint density at radius 2 is 1.37 bits per heavy atom. The third kappa shape index (κ3) is 7.94. The van der Waals surface area contributed by atoms with Gasteiger partial charge in [0, 0.05) is 0 Å². The molecule has 0 saturated carbocycles. The minimum absolute atomic E-state index is 0.596. The number of ether oxygens (including phenoxy) is 1. The number of carboxylic acid groups (broad SMARTS) is 1. The fourth-order valence-corrected chi connectivity index (χ4v) is 2.47. The predicted octanol–water partition coefficient (Wildman–Crippen LogP) is 6.09. The van der Waals surface area contributed by atoms with Crippen molar-refractivity contribution in [2.45, 2.75) is 42.6 Å². The summed E-state index contributed by atoms with van der Waals surface area (Å²) in [6.07, 6.45) is -1.99. The molecular weight excluding hydrogens is 451 g/mol. The lowest BCUT2D eigenvalue weighted by Crippen LogP contribution is -2.42. The molecule has 0 spiro atoms. The summed E-state index contributed by atoms with van der Waals surface area (Å²) in [6.45, 7) is 6.59. The summed E-state index contributed by atoms with van der Waals surface area (Å²) in [5.41, 5.74) is 6.13. The zero-order valence-electron chi connectivity index (χ0n) is 17.1. The first kappa shape index (κ1) is 25.9. The molecule has 2 aromatic carbocycles. The number of primary amides is 1. The van der Waals surface area contributed by atoms with Crippen molar-refractivity contribution in [3.05, 3.63) is 60.2 Å². The van der Waals surface area contributed by atoms with E-state index in [4.69, 9.17) is 45.6 Å². The van der Waals surface area contributed by atoms with Crippen LogP contribution in [0, 0.1) is 0 Å². The Morgan fingerprint density at radius 1 is 0.900 bits per heavy atom. The molecule has 0 saturated heterocycles. The predicted molar refractivity (Wildman–Crippen MR) is 121 cm³/mol. The number of benzene rings is 2. The molecule has 2 rings (SSSR count). The summed E-state index contributed by atoms with van der Waals surface area (Å²) in [5, 5.41) is 11.3. The van der Waals surface area contributed by atoms with Crippen LogP contribution < -0.4 is 11.1 Å². The third-order valence-electron chi connectivity index (χ3n) is 4.17. The highest BCUT2D eigenvalue weighted by Crippen LogP contribution is 2.40. The van der Waals surface area contributed by atoms with Crippen molar-refractivity contribution in [3.63, 3.8) is 0 Å². The molecule has 0 heterocycles. The zero-order chi connectivity index (χ0) is 23.2. The number of rotatable bonds is 4. The second-order valence-electron chi connectivity index (χ2n) is 7.43. The van der Waals surface area contributed by atoms with Crippen molar-refractivity contribution >= 4 is 47.0 Å². The SMILES string of the molecule is CC(C)(NC(=O)O)c1ccc(-c2ccccc2)cc1.CC(C)(OC(N)=O)C(Cl)(Cl)Cl. The highest BCUT2D eigenvalue weighted by atomic mass is 35.6. The summed E-state index contributed by atoms with van der Waals surface area (Å²) in [4.78, 5) is 21.1. The summed E-state index contributed by atoms with van der Waals surface area (Å²) in [6, 6.07) is 18.0. The van der Waals surface area contributed by atoms with Crippen LogP contribution in [-0.2, 0) is 10.3 Å². The molecule has 2 amide bonds. The standard InChI is InChI=1S/C16H17NO2.C5H8Cl3NO2/c1-16(2,17-15(18)19)14-10-8-13(9-11-14)12-6-4-3-5-7-12;1-4(2,5(6,7)8)11-3(9)10/h3-11,17H,1-2H3,(H,18,19);1-2H3,(H2,9,10). The first-order valence-electron chi connectivity index (χ1n) is 8.88. The van der Waals surface area contributed by atoms with Gasteiger partial charge in [0.1, 0.15) is 0 Å². The van der Waals surface area contributed by atoms with Crippen molar-refractivity contribution in [3.8, 4) is 11.1 Å². The van der Waals surface area contributed by atoms with Crippen LogP contribution in [-0.4, -0.2) is 26.7 Å². The zero-order valence-corrected chi connectivity index (χ0v) is 19.3. The number of amides is 2. The lowest BCUT2D eigenvalue weighted by Gasteiger charge is -2.30. The van der Waals surface area contributed by atoms with E-state index in [-0.39, 0.29) is 0 Å².